The maximum absolute atomic E-state index is 11.8. The zero-order chi connectivity index (χ0) is 14.1. The Morgan fingerprint density at radius 1 is 1.42 bits per heavy atom. The molecule has 1 atom stereocenters. The molecule has 0 spiro atoms. The van der Waals surface area contributed by atoms with Gasteiger partial charge in [0, 0.05) is 39.3 Å². The molecule has 0 aromatic rings. The molecule has 1 unspecified atom stereocenters. The normalized spacial score (nSPS) is 18.6. The summed E-state index contributed by atoms with van der Waals surface area (Å²) in [4.78, 5) is 24.1. The second-order valence-corrected chi connectivity index (χ2v) is 4.90. The molecule has 0 aromatic heterocycles. The highest BCUT2D eigenvalue weighted by Gasteiger charge is 2.27. The lowest BCUT2D eigenvalue weighted by atomic mass is 10.1. The number of aliphatic carboxylic acids is 1. The van der Waals surface area contributed by atoms with Crippen molar-refractivity contribution in [2.45, 2.75) is 32.6 Å². The summed E-state index contributed by atoms with van der Waals surface area (Å²) in [5.41, 5.74) is 0. The zero-order valence-corrected chi connectivity index (χ0v) is 11.6. The second-order valence-electron chi connectivity index (χ2n) is 4.90. The molecule has 0 saturated carbocycles. The van der Waals surface area contributed by atoms with Crippen LogP contribution in [0, 0.1) is 5.92 Å². The number of likely N-dealkylation sites (tertiary alicyclic amines) is 1. The Morgan fingerprint density at radius 2 is 2.21 bits per heavy atom. The largest absolute Gasteiger partial charge is 0.481 e. The Labute approximate surface area is 114 Å². The van der Waals surface area contributed by atoms with Crippen molar-refractivity contribution in [1.82, 2.24) is 10.2 Å². The highest BCUT2D eigenvalue weighted by molar-refractivity contribution is 5.74. The molecule has 19 heavy (non-hydrogen) atoms. The summed E-state index contributed by atoms with van der Waals surface area (Å²) >= 11 is 0. The van der Waals surface area contributed by atoms with Crippen molar-refractivity contribution in [3.8, 4) is 0 Å². The number of ether oxygens (including phenoxy) is 1. The van der Waals surface area contributed by atoms with Gasteiger partial charge >= 0.3 is 12.0 Å². The molecule has 6 heteroatoms. The van der Waals surface area contributed by atoms with Crippen LogP contribution in [0.2, 0.25) is 0 Å². The molecule has 1 aliphatic heterocycles. The molecule has 0 bridgehead atoms. The Kier molecular flexibility index (Phi) is 7.25. The zero-order valence-electron chi connectivity index (χ0n) is 11.6. The lowest BCUT2D eigenvalue weighted by molar-refractivity contribution is -0.138. The molecule has 1 rings (SSSR count). The average Bonchev–Trinajstić information content (AvgIpc) is 2.81. The molecule has 2 N–H and O–H groups in total. The summed E-state index contributed by atoms with van der Waals surface area (Å²) in [5, 5.41) is 11.5. The van der Waals surface area contributed by atoms with E-state index in [2.05, 4.69) is 12.2 Å². The van der Waals surface area contributed by atoms with Crippen molar-refractivity contribution in [3.63, 3.8) is 0 Å². The Bertz CT molecular complexity index is 296. The third-order valence-corrected chi connectivity index (χ3v) is 3.13. The smallest absolute Gasteiger partial charge is 0.317 e. The third-order valence-electron chi connectivity index (χ3n) is 3.13. The quantitative estimate of drug-likeness (QED) is 0.653. The molecule has 0 radical (unpaired) electrons. The van der Waals surface area contributed by atoms with Gasteiger partial charge in [-0.2, -0.15) is 0 Å². The number of carbonyl (C=O) groups is 2. The maximum Gasteiger partial charge on any atom is 0.317 e. The van der Waals surface area contributed by atoms with Gasteiger partial charge in [0.25, 0.3) is 0 Å². The Morgan fingerprint density at radius 3 is 2.89 bits per heavy atom. The molecular weight excluding hydrogens is 248 g/mol. The molecular formula is C13H24N2O4. The number of carboxylic acid groups (broad SMARTS) is 1. The van der Waals surface area contributed by atoms with Crippen molar-refractivity contribution < 1.29 is 19.4 Å². The Hall–Kier alpha value is -1.30. The standard InChI is InChI=1S/C13H24N2O4/c1-2-7-19-8-3-5-14-13(18)15-6-4-11(10-15)9-12(16)17/h11H,2-10H2,1H3,(H,14,18)(H,16,17). The van der Waals surface area contributed by atoms with E-state index in [9.17, 15) is 9.59 Å². The number of carboxylic acids is 1. The van der Waals surface area contributed by atoms with Crippen LogP contribution >= 0.6 is 0 Å². The summed E-state index contributed by atoms with van der Waals surface area (Å²) in [6, 6.07) is -0.0941. The van der Waals surface area contributed by atoms with E-state index >= 15 is 0 Å². The molecule has 1 heterocycles. The molecule has 6 nitrogen and oxygen atoms in total. The first kappa shape index (κ1) is 15.8. The maximum atomic E-state index is 11.8. The van der Waals surface area contributed by atoms with Gasteiger partial charge in [0.05, 0.1) is 0 Å². The van der Waals surface area contributed by atoms with Crippen molar-refractivity contribution in [3.05, 3.63) is 0 Å². The van der Waals surface area contributed by atoms with Crippen LogP contribution in [-0.4, -0.2) is 54.9 Å². The summed E-state index contributed by atoms with van der Waals surface area (Å²) in [6.07, 6.45) is 2.73. The van der Waals surface area contributed by atoms with Crippen LogP contribution < -0.4 is 5.32 Å². The minimum Gasteiger partial charge on any atom is -0.481 e. The SMILES string of the molecule is CCCOCCCNC(=O)N1CCC(CC(=O)O)C1. The molecule has 0 aliphatic carbocycles. The van der Waals surface area contributed by atoms with E-state index in [0.29, 0.717) is 26.2 Å². The second kappa shape index (κ2) is 8.74. The van der Waals surface area contributed by atoms with Crippen molar-refractivity contribution >= 4 is 12.0 Å². The number of carbonyl (C=O) groups excluding carboxylic acids is 1. The van der Waals surface area contributed by atoms with Gasteiger partial charge in [-0.05, 0) is 25.2 Å². The van der Waals surface area contributed by atoms with Gasteiger partial charge in [0.1, 0.15) is 0 Å². The summed E-state index contributed by atoms with van der Waals surface area (Å²) in [7, 11) is 0. The van der Waals surface area contributed by atoms with Crippen LogP contribution in [0.3, 0.4) is 0 Å². The van der Waals surface area contributed by atoms with Gasteiger partial charge in [-0.3, -0.25) is 4.79 Å². The minimum absolute atomic E-state index is 0.0936. The van der Waals surface area contributed by atoms with Crippen LogP contribution in [-0.2, 0) is 9.53 Å². The number of hydrogen-bond donors (Lipinski definition) is 2. The van der Waals surface area contributed by atoms with E-state index in [1.807, 2.05) is 0 Å². The number of rotatable bonds is 8. The van der Waals surface area contributed by atoms with Crippen LogP contribution in [0.5, 0.6) is 0 Å². The number of amides is 2. The average molecular weight is 272 g/mol. The predicted octanol–water partition coefficient (Wildman–Crippen LogP) is 1.31. The first-order valence-corrected chi connectivity index (χ1v) is 6.95. The summed E-state index contributed by atoms with van der Waals surface area (Å²) < 4.78 is 5.32. The molecule has 1 fully saturated rings. The van der Waals surface area contributed by atoms with E-state index < -0.39 is 5.97 Å². The van der Waals surface area contributed by atoms with Gasteiger partial charge in [0.15, 0.2) is 0 Å². The van der Waals surface area contributed by atoms with Crippen molar-refractivity contribution in [1.29, 1.82) is 0 Å². The highest BCUT2D eigenvalue weighted by Crippen LogP contribution is 2.19. The van der Waals surface area contributed by atoms with Gasteiger partial charge < -0.3 is 20.1 Å². The lowest BCUT2D eigenvalue weighted by Gasteiger charge is -2.17. The van der Waals surface area contributed by atoms with Gasteiger partial charge in [-0.25, -0.2) is 4.79 Å². The number of urea groups is 1. The van der Waals surface area contributed by atoms with Crippen molar-refractivity contribution in [2.24, 2.45) is 5.92 Å². The minimum atomic E-state index is -0.791. The third kappa shape index (κ3) is 6.42. The van der Waals surface area contributed by atoms with E-state index in [1.165, 1.54) is 0 Å². The monoisotopic (exact) mass is 272 g/mol. The van der Waals surface area contributed by atoms with E-state index in [4.69, 9.17) is 9.84 Å². The fourth-order valence-electron chi connectivity index (χ4n) is 2.16. The molecule has 1 saturated heterocycles. The fraction of sp³-hybridized carbons (Fsp3) is 0.846. The fourth-order valence-corrected chi connectivity index (χ4v) is 2.16. The molecule has 2 amide bonds. The van der Waals surface area contributed by atoms with Gasteiger partial charge in [0.2, 0.25) is 0 Å². The molecule has 0 aromatic carbocycles. The Balaban J connectivity index is 2.09. The van der Waals surface area contributed by atoms with Crippen LogP contribution in [0.15, 0.2) is 0 Å². The van der Waals surface area contributed by atoms with Crippen molar-refractivity contribution in [2.75, 3.05) is 32.8 Å². The first-order valence-electron chi connectivity index (χ1n) is 6.95. The van der Waals surface area contributed by atoms with Gasteiger partial charge in [-0.1, -0.05) is 6.92 Å². The first-order chi connectivity index (χ1) is 9.13. The highest BCUT2D eigenvalue weighted by atomic mass is 16.5. The topological polar surface area (TPSA) is 78.9 Å². The van der Waals surface area contributed by atoms with E-state index in [1.54, 1.807) is 4.90 Å². The van der Waals surface area contributed by atoms with E-state index in [0.717, 1.165) is 25.9 Å². The summed E-state index contributed by atoms with van der Waals surface area (Å²) in [5.74, 6) is -0.698. The lowest BCUT2D eigenvalue weighted by Crippen LogP contribution is -2.39. The summed E-state index contributed by atoms with van der Waals surface area (Å²) in [6.45, 7) is 5.28. The number of nitrogens with zero attached hydrogens (tertiary/aromatic N) is 1. The number of nitrogens with one attached hydrogen (secondary N) is 1. The molecule has 110 valence electrons. The van der Waals surface area contributed by atoms with Crippen LogP contribution in [0.4, 0.5) is 4.79 Å². The van der Waals surface area contributed by atoms with Crippen LogP contribution in [0.1, 0.15) is 32.6 Å². The molecule has 1 aliphatic rings. The van der Waals surface area contributed by atoms with E-state index in [-0.39, 0.29) is 18.4 Å². The van der Waals surface area contributed by atoms with Gasteiger partial charge in [-0.15, -0.1) is 0 Å². The predicted molar refractivity (Wildman–Crippen MR) is 71.1 cm³/mol. The number of hydrogen-bond acceptors (Lipinski definition) is 3. The van der Waals surface area contributed by atoms with Crippen LogP contribution in [0.25, 0.3) is 0 Å².